The Kier molecular flexibility index (Phi) is 5.41. The van der Waals surface area contributed by atoms with Crippen molar-refractivity contribution in [3.8, 4) is 0 Å². The second-order valence-electron chi connectivity index (χ2n) is 8.31. The molecule has 27 heavy (non-hydrogen) atoms. The number of rotatable bonds is 5. The van der Waals surface area contributed by atoms with Crippen molar-refractivity contribution >= 4 is 5.97 Å². The highest BCUT2D eigenvalue weighted by Gasteiger charge is 2.33. The molecule has 1 aliphatic rings. The molecule has 144 valence electrons. The molecule has 1 heterocycles. The van der Waals surface area contributed by atoms with Gasteiger partial charge < -0.3 is 15.2 Å². The number of hydrogen-bond donors (Lipinski definition) is 2. The minimum absolute atomic E-state index is 0.551. The lowest BCUT2D eigenvalue weighted by Crippen LogP contribution is -2.29. The maximum Gasteiger partial charge on any atom is 0.337 e. The van der Waals surface area contributed by atoms with E-state index in [2.05, 4.69) is 24.4 Å². The van der Waals surface area contributed by atoms with Gasteiger partial charge in [0.25, 0.3) is 0 Å². The molecule has 0 aromatic heterocycles. The van der Waals surface area contributed by atoms with Crippen LogP contribution in [0.5, 0.6) is 0 Å². The van der Waals surface area contributed by atoms with Crippen LogP contribution in [-0.2, 0) is 29.0 Å². The molecule has 0 aliphatic carbocycles. The van der Waals surface area contributed by atoms with Crippen molar-refractivity contribution in [1.82, 2.24) is 5.32 Å². The van der Waals surface area contributed by atoms with Crippen LogP contribution in [0.4, 0.5) is 0 Å². The lowest BCUT2D eigenvalue weighted by molar-refractivity contribution is -0.160. The molecule has 3 rings (SSSR count). The summed E-state index contributed by atoms with van der Waals surface area (Å²) in [5, 5.41) is 13.4. The van der Waals surface area contributed by atoms with E-state index in [-0.39, 0.29) is 0 Å². The number of hydrogen-bond acceptors (Lipinski definition) is 3. The van der Waals surface area contributed by atoms with E-state index < -0.39 is 17.7 Å². The summed E-state index contributed by atoms with van der Waals surface area (Å²) >= 11 is 0. The number of benzene rings is 2. The van der Waals surface area contributed by atoms with Crippen LogP contribution in [0.3, 0.4) is 0 Å². The first-order valence-corrected chi connectivity index (χ1v) is 9.48. The molecule has 0 spiro atoms. The van der Waals surface area contributed by atoms with Crippen LogP contribution in [0.15, 0.2) is 30.3 Å². The normalized spacial score (nSPS) is 14.9. The molecular formula is C23H29NO3. The van der Waals surface area contributed by atoms with E-state index in [1.54, 1.807) is 0 Å². The fourth-order valence-corrected chi connectivity index (χ4v) is 3.99. The first kappa shape index (κ1) is 19.6. The average Bonchev–Trinajstić information content (AvgIpc) is 3.08. The standard InChI is InChI=1S/C23H29NO3/c1-14-17(11-16-9-7-6-8-10-16)20(15(2)19-13-24-12-18(14)19)21(22(25)26)27-23(3,4)5/h6-10,21,24H,11-13H2,1-5H3,(H,25,26)/t21-/m0/s1. The Labute approximate surface area is 161 Å². The van der Waals surface area contributed by atoms with Crippen LogP contribution in [0.2, 0.25) is 0 Å². The lowest BCUT2D eigenvalue weighted by Gasteiger charge is -2.30. The third-order valence-corrected chi connectivity index (χ3v) is 5.24. The molecule has 2 N–H and O–H groups in total. The van der Waals surface area contributed by atoms with Crippen molar-refractivity contribution in [3.63, 3.8) is 0 Å². The molecule has 1 atom stereocenters. The summed E-state index contributed by atoms with van der Waals surface area (Å²) in [6, 6.07) is 10.2. The van der Waals surface area contributed by atoms with Crippen LogP contribution >= 0.6 is 0 Å². The number of nitrogens with one attached hydrogen (secondary N) is 1. The van der Waals surface area contributed by atoms with Gasteiger partial charge in [0.2, 0.25) is 0 Å². The zero-order valence-electron chi connectivity index (χ0n) is 16.8. The Hall–Kier alpha value is -2.17. The maximum atomic E-state index is 12.2. The number of carboxylic acid groups (broad SMARTS) is 1. The third kappa shape index (κ3) is 4.07. The van der Waals surface area contributed by atoms with Crippen molar-refractivity contribution in [2.75, 3.05) is 0 Å². The Bertz CT molecular complexity index is 850. The summed E-state index contributed by atoms with van der Waals surface area (Å²) in [7, 11) is 0. The van der Waals surface area contributed by atoms with Gasteiger partial charge in [-0.2, -0.15) is 0 Å². The molecular weight excluding hydrogens is 338 g/mol. The SMILES string of the molecule is Cc1c2c(c(C)c([C@H](OC(C)(C)C)C(=O)O)c1Cc1ccccc1)CNC2. The Morgan fingerprint density at radius 2 is 1.70 bits per heavy atom. The van der Waals surface area contributed by atoms with E-state index >= 15 is 0 Å². The minimum Gasteiger partial charge on any atom is -0.479 e. The quantitative estimate of drug-likeness (QED) is 0.820. The molecule has 1 aliphatic heterocycles. The largest absolute Gasteiger partial charge is 0.479 e. The van der Waals surface area contributed by atoms with E-state index in [1.165, 1.54) is 22.3 Å². The highest BCUT2D eigenvalue weighted by Crippen LogP contribution is 2.38. The topological polar surface area (TPSA) is 58.6 Å². The van der Waals surface area contributed by atoms with E-state index in [9.17, 15) is 9.90 Å². The molecule has 0 saturated heterocycles. The van der Waals surface area contributed by atoms with Crippen molar-refractivity contribution in [2.45, 2.75) is 65.8 Å². The zero-order chi connectivity index (χ0) is 19.8. The predicted molar refractivity (Wildman–Crippen MR) is 107 cm³/mol. The molecule has 0 unspecified atom stereocenters. The maximum absolute atomic E-state index is 12.2. The van der Waals surface area contributed by atoms with Crippen LogP contribution in [0.25, 0.3) is 0 Å². The van der Waals surface area contributed by atoms with E-state index in [0.29, 0.717) is 6.42 Å². The van der Waals surface area contributed by atoms with Crippen molar-refractivity contribution in [2.24, 2.45) is 0 Å². The lowest BCUT2D eigenvalue weighted by atomic mass is 9.83. The second-order valence-corrected chi connectivity index (χ2v) is 8.31. The van der Waals surface area contributed by atoms with Gasteiger partial charge >= 0.3 is 5.97 Å². The van der Waals surface area contributed by atoms with Crippen molar-refractivity contribution in [3.05, 3.63) is 69.3 Å². The van der Waals surface area contributed by atoms with Crippen LogP contribution in [-0.4, -0.2) is 16.7 Å². The van der Waals surface area contributed by atoms with Crippen LogP contribution in [0.1, 0.15) is 65.8 Å². The molecule has 4 heteroatoms. The summed E-state index contributed by atoms with van der Waals surface area (Å²) in [5.41, 5.74) is 7.28. The minimum atomic E-state index is -0.978. The number of ether oxygens (including phenoxy) is 1. The first-order valence-electron chi connectivity index (χ1n) is 9.48. The van der Waals surface area contributed by atoms with Gasteiger partial charge in [0.15, 0.2) is 6.10 Å². The van der Waals surface area contributed by atoms with Crippen LogP contribution < -0.4 is 5.32 Å². The number of aliphatic carboxylic acids is 1. The monoisotopic (exact) mass is 367 g/mol. The summed E-state index contributed by atoms with van der Waals surface area (Å²) in [4.78, 5) is 12.2. The van der Waals surface area contributed by atoms with Crippen molar-refractivity contribution < 1.29 is 14.6 Å². The molecule has 4 nitrogen and oxygen atoms in total. The van der Waals surface area contributed by atoms with Gasteiger partial charge in [-0.3, -0.25) is 0 Å². The summed E-state index contributed by atoms with van der Waals surface area (Å²) in [6.07, 6.45) is -0.277. The summed E-state index contributed by atoms with van der Waals surface area (Å²) in [5.74, 6) is -0.937. The van der Waals surface area contributed by atoms with Gasteiger partial charge in [0.05, 0.1) is 5.60 Å². The average molecular weight is 367 g/mol. The third-order valence-electron chi connectivity index (χ3n) is 5.24. The molecule has 0 radical (unpaired) electrons. The summed E-state index contributed by atoms with van der Waals surface area (Å²) in [6.45, 7) is 11.5. The Morgan fingerprint density at radius 3 is 2.26 bits per heavy atom. The molecule has 0 bridgehead atoms. The van der Waals surface area contributed by atoms with Gasteiger partial charge in [-0.25, -0.2) is 4.79 Å². The molecule has 0 fully saturated rings. The Morgan fingerprint density at radius 1 is 1.11 bits per heavy atom. The van der Waals surface area contributed by atoms with Gasteiger partial charge in [0, 0.05) is 13.1 Å². The fraction of sp³-hybridized carbons (Fsp3) is 0.435. The zero-order valence-corrected chi connectivity index (χ0v) is 16.8. The molecule has 0 amide bonds. The number of carboxylic acids is 1. The molecule has 2 aromatic rings. The fourth-order valence-electron chi connectivity index (χ4n) is 3.99. The molecule has 0 saturated carbocycles. The van der Waals surface area contributed by atoms with Gasteiger partial charge in [-0.05, 0) is 80.0 Å². The van der Waals surface area contributed by atoms with E-state index in [0.717, 1.165) is 29.8 Å². The first-order chi connectivity index (χ1) is 12.7. The number of fused-ring (bicyclic) bond motifs is 1. The highest BCUT2D eigenvalue weighted by molar-refractivity contribution is 5.77. The van der Waals surface area contributed by atoms with E-state index in [1.807, 2.05) is 45.9 Å². The Balaban J connectivity index is 2.21. The van der Waals surface area contributed by atoms with Crippen LogP contribution in [0, 0.1) is 13.8 Å². The molecule has 2 aromatic carbocycles. The highest BCUT2D eigenvalue weighted by atomic mass is 16.5. The number of carbonyl (C=O) groups is 1. The predicted octanol–water partition coefficient (Wildman–Crippen LogP) is 4.44. The smallest absolute Gasteiger partial charge is 0.337 e. The van der Waals surface area contributed by atoms with Gasteiger partial charge in [0.1, 0.15) is 0 Å². The van der Waals surface area contributed by atoms with Gasteiger partial charge in [-0.1, -0.05) is 30.3 Å². The van der Waals surface area contributed by atoms with E-state index in [4.69, 9.17) is 4.74 Å². The second kappa shape index (κ2) is 7.45. The van der Waals surface area contributed by atoms with Crippen molar-refractivity contribution in [1.29, 1.82) is 0 Å². The van der Waals surface area contributed by atoms with Gasteiger partial charge in [-0.15, -0.1) is 0 Å². The summed E-state index contributed by atoms with van der Waals surface area (Å²) < 4.78 is 6.04.